The number of carbonyl (C=O) groups is 2. The van der Waals surface area contributed by atoms with Gasteiger partial charge in [0.25, 0.3) is 5.91 Å². The molecule has 0 fully saturated rings. The van der Waals surface area contributed by atoms with Crippen molar-refractivity contribution in [2.24, 2.45) is 0 Å². The van der Waals surface area contributed by atoms with E-state index in [-0.39, 0.29) is 18.0 Å². The van der Waals surface area contributed by atoms with E-state index in [1.165, 1.54) is 36.6 Å². The highest BCUT2D eigenvalue weighted by Crippen LogP contribution is 2.23. The number of rotatable bonds is 5. The molecule has 0 unspecified atom stereocenters. The molecule has 0 saturated carbocycles. The molecular weight excluding hydrogens is 347 g/mol. The van der Waals surface area contributed by atoms with Gasteiger partial charge < -0.3 is 9.15 Å². The summed E-state index contributed by atoms with van der Waals surface area (Å²) in [7, 11) is 1.30. The fourth-order valence-electron chi connectivity index (χ4n) is 2.05. The van der Waals surface area contributed by atoms with E-state index in [1.54, 1.807) is 23.6 Å². The molecule has 0 aliphatic rings. The van der Waals surface area contributed by atoms with Crippen molar-refractivity contribution in [2.45, 2.75) is 6.42 Å². The second-order valence-electron chi connectivity index (χ2n) is 5.02. The number of furan rings is 1. The standard InChI is InChI=1S/C17H13FN2O4S/c1-23-15(21)8-12-9-25-17(19-12)20-16(22)14-7-6-13(24-14)10-2-4-11(18)5-3-10/h2-7,9H,8H2,1H3,(H,19,20,22). The molecule has 3 aromatic rings. The minimum Gasteiger partial charge on any atom is -0.469 e. The fraction of sp³-hybridized carbons (Fsp3) is 0.118. The summed E-state index contributed by atoms with van der Waals surface area (Å²) in [5, 5.41) is 4.62. The van der Waals surface area contributed by atoms with Crippen molar-refractivity contribution in [3.05, 3.63) is 59.0 Å². The lowest BCUT2D eigenvalue weighted by Crippen LogP contribution is -2.11. The van der Waals surface area contributed by atoms with Crippen LogP contribution in [0.5, 0.6) is 0 Å². The minimum absolute atomic E-state index is 0.0400. The van der Waals surface area contributed by atoms with E-state index in [2.05, 4.69) is 15.0 Å². The van der Waals surface area contributed by atoms with Gasteiger partial charge in [0.2, 0.25) is 0 Å². The predicted molar refractivity (Wildman–Crippen MR) is 89.9 cm³/mol. The molecule has 2 heterocycles. The zero-order valence-corrected chi connectivity index (χ0v) is 13.9. The first-order chi connectivity index (χ1) is 12.0. The van der Waals surface area contributed by atoms with E-state index in [9.17, 15) is 14.0 Å². The summed E-state index contributed by atoms with van der Waals surface area (Å²) in [4.78, 5) is 27.6. The molecule has 1 amide bonds. The molecule has 0 atom stereocenters. The number of anilines is 1. The maximum Gasteiger partial charge on any atom is 0.311 e. The second kappa shape index (κ2) is 7.27. The van der Waals surface area contributed by atoms with Crippen LogP contribution in [0.4, 0.5) is 9.52 Å². The smallest absolute Gasteiger partial charge is 0.311 e. The first-order valence-corrected chi connectivity index (χ1v) is 8.11. The van der Waals surface area contributed by atoms with Gasteiger partial charge >= 0.3 is 5.97 Å². The Morgan fingerprint density at radius 3 is 2.72 bits per heavy atom. The van der Waals surface area contributed by atoms with Crippen LogP contribution in [0.1, 0.15) is 16.2 Å². The Labute approximate surface area is 146 Å². The summed E-state index contributed by atoms with van der Waals surface area (Å²) in [5.41, 5.74) is 1.17. The number of benzene rings is 1. The third-order valence-corrected chi connectivity index (χ3v) is 4.09. The number of nitrogens with one attached hydrogen (secondary N) is 1. The maximum absolute atomic E-state index is 13.0. The topological polar surface area (TPSA) is 81.4 Å². The van der Waals surface area contributed by atoms with Gasteiger partial charge in [-0.1, -0.05) is 0 Å². The lowest BCUT2D eigenvalue weighted by atomic mass is 10.2. The van der Waals surface area contributed by atoms with E-state index < -0.39 is 11.9 Å². The molecule has 25 heavy (non-hydrogen) atoms. The van der Waals surface area contributed by atoms with Crippen LogP contribution in [-0.2, 0) is 16.0 Å². The van der Waals surface area contributed by atoms with Crippen LogP contribution in [0, 0.1) is 5.82 Å². The molecule has 0 radical (unpaired) electrons. The van der Waals surface area contributed by atoms with E-state index in [0.717, 1.165) is 0 Å². The number of halogens is 1. The van der Waals surface area contributed by atoms with Crippen LogP contribution in [0.25, 0.3) is 11.3 Å². The number of methoxy groups -OCH3 is 1. The average molecular weight is 360 g/mol. The van der Waals surface area contributed by atoms with Crippen LogP contribution in [0.2, 0.25) is 0 Å². The molecule has 0 spiro atoms. The van der Waals surface area contributed by atoms with Gasteiger partial charge in [-0.15, -0.1) is 11.3 Å². The number of ether oxygens (including phenoxy) is 1. The number of carbonyl (C=O) groups excluding carboxylic acids is 2. The molecular formula is C17H13FN2O4S. The number of esters is 1. The van der Waals surface area contributed by atoms with Crippen LogP contribution >= 0.6 is 11.3 Å². The van der Waals surface area contributed by atoms with Gasteiger partial charge in [0.05, 0.1) is 19.2 Å². The zero-order chi connectivity index (χ0) is 17.8. The van der Waals surface area contributed by atoms with Gasteiger partial charge in [-0.2, -0.15) is 0 Å². The van der Waals surface area contributed by atoms with Gasteiger partial charge in [-0.25, -0.2) is 9.37 Å². The van der Waals surface area contributed by atoms with Crippen molar-refractivity contribution in [3.8, 4) is 11.3 Å². The summed E-state index contributed by atoms with van der Waals surface area (Å²) in [6, 6.07) is 8.92. The lowest BCUT2D eigenvalue weighted by Gasteiger charge is -1.99. The van der Waals surface area contributed by atoms with Crippen LogP contribution in [0.3, 0.4) is 0 Å². The molecule has 128 valence electrons. The summed E-state index contributed by atoms with van der Waals surface area (Å²) in [5.74, 6) is -0.662. The van der Waals surface area contributed by atoms with E-state index in [0.29, 0.717) is 22.1 Å². The number of nitrogens with zero attached hydrogens (tertiary/aromatic N) is 1. The number of hydrogen-bond acceptors (Lipinski definition) is 6. The molecule has 0 saturated heterocycles. The Bertz CT molecular complexity index is 902. The van der Waals surface area contributed by atoms with Gasteiger partial charge in [-0.3, -0.25) is 14.9 Å². The van der Waals surface area contributed by atoms with E-state index in [4.69, 9.17) is 4.42 Å². The number of thiazole rings is 1. The summed E-state index contributed by atoms with van der Waals surface area (Å²) >= 11 is 1.20. The van der Waals surface area contributed by atoms with Crippen molar-refractivity contribution in [1.82, 2.24) is 4.98 Å². The van der Waals surface area contributed by atoms with Crippen LogP contribution in [-0.4, -0.2) is 24.0 Å². The van der Waals surface area contributed by atoms with E-state index >= 15 is 0 Å². The Balaban J connectivity index is 1.68. The third kappa shape index (κ3) is 4.10. The maximum atomic E-state index is 13.0. The molecule has 6 nitrogen and oxygen atoms in total. The molecule has 0 aliphatic carbocycles. The monoisotopic (exact) mass is 360 g/mol. The van der Waals surface area contributed by atoms with Crippen LogP contribution in [0.15, 0.2) is 46.2 Å². The first-order valence-electron chi connectivity index (χ1n) is 7.23. The van der Waals surface area contributed by atoms with Gasteiger partial charge in [-0.05, 0) is 36.4 Å². The van der Waals surface area contributed by atoms with Crippen molar-refractivity contribution >= 4 is 28.3 Å². The third-order valence-electron chi connectivity index (χ3n) is 3.28. The normalized spacial score (nSPS) is 10.5. The Kier molecular flexibility index (Phi) is 4.90. The minimum atomic E-state index is -0.465. The van der Waals surface area contributed by atoms with Crippen molar-refractivity contribution < 1.29 is 23.1 Å². The fourth-order valence-corrected chi connectivity index (χ4v) is 2.76. The number of amides is 1. The number of aromatic nitrogens is 1. The van der Waals surface area contributed by atoms with Crippen molar-refractivity contribution in [3.63, 3.8) is 0 Å². The molecule has 8 heteroatoms. The van der Waals surface area contributed by atoms with Crippen molar-refractivity contribution in [1.29, 1.82) is 0 Å². The average Bonchev–Trinajstić information content (AvgIpc) is 3.25. The van der Waals surface area contributed by atoms with Gasteiger partial charge in [0.1, 0.15) is 11.6 Å². The summed E-state index contributed by atoms with van der Waals surface area (Å²) in [6.07, 6.45) is 0.0400. The zero-order valence-electron chi connectivity index (χ0n) is 13.1. The summed E-state index contributed by atoms with van der Waals surface area (Å²) in [6.45, 7) is 0. The van der Waals surface area contributed by atoms with Crippen LogP contribution < -0.4 is 5.32 Å². The Morgan fingerprint density at radius 2 is 2.00 bits per heavy atom. The highest BCUT2D eigenvalue weighted by atomic mass is 32.1. The molecule has 0 aliphatic heterocycles. The molecule has 3 rings (SSSR count). The van der Waals surface area contributed by atoms with Gasteiger partial charge in [0, 0.05) is 10.9 Å². The SMILES string of the molecule is COC(=O)Cc1csc(NC(=O)c2ccc(-c3ccc(F)cc3)o2)n1. The predicted octanol–water partition coefficient (Wildman–Crippen LogP) is 3.51. The molecule has 1 N–H and O–H groups in total. The first kappa shape index (κ1) is 16.8. The molecule has 0 bridgehead atoms. The Hall–Kier alpha value is -3.00. The molecule has 1 aromatic carbocycles. The second-order valence-corrected chi connectivity index (χ2v) is 5.88. The highest BCUT2D eigenvalue weighted by molar-refractivity contribution is 7.14. The highest BCUT2D eigenvalue weighted by Gasteiger charge is 2.15. The van der Waals surface area contributed by atoms with Gasteiger partial charge in [0.15, 0.2) is 10.9 Å². The quantitative estimate of drug-likeness (QED) is 0.704. The number of hydrogen-bond donors (Lipinski definition) is 1. The summed E-state index contributed by atoms with van der Waals surface area (Å²) < 4.78 is 23.0. The van der Waals surface area contributed by atoms with Crippen molar-refractivity contribution in [2.75, 3.05) is 12.4 Å². The van der Waals surface area contributed by atoms with E-state index in [1.807, 2.05) is 0 Å². The lowest BCUT2D eigenvalue weighted by molar-refractivity contribution is -0.139. The Morgan fingerprint density at radius 1 is 1.24 bits per heavy atom. The largest absolute Gasteiger partial charge is 0.469 e. The molecule has 2 aromatic heterocycles.